The summed E-state index contributed by atoms with van der Waals surface area (Å²) >= 11 is 3.33. The molecule has 0 unspecified atom stereocenters. The number of rotatable bonds is 4. The SMILES string of the molecule is Cl.N[C@@H](CC(=O)O)Cc1ccc(Br)cc1. The molecule has 3 N–H and O–H groups in total. The Morgan fingerprint density at radius 1 is 1.40 bits per heavy atom. The number of aliphatic carboxylic acids is 1. The fraction of sp³-hybridized carbons (Fsp3) is 0.300. The van der Waals surface area contributed by atoms with Crippen LogP contribution in [0.15, 0.2) is 28.7 Å². The van der Waals surface area contributed by atoms with Crippen molar-refractivity contribution in [3.63, 3.8) is 0 Å². The van der Waals surface area contributed by atoms with E-state index in [2.05, 4.69) is 15.9 Å². The normalized spacial score (nSPS) is 11.6. The van der Waals surface area contributed by atoms with Crippen LogP contribution in [0.25, 0.3) is 0 Å². The second-order valence-corrected chi connectivity index (χ2v) is 4.10. The highest BCUT2D eigenvalue weighted by Crippen LogP contribution is 2.12. The first kappa shape index (κ1) is 14.4. The minimum absolute atomic E-state index is 0. The number of carbonyl (C=O) groups is 1. The summed E-state index contributed by atoms with van der Waals surface area (Å²) < 4.78 is 1.01. The number of benzene rings is 1. The Morgan fingerprint density at radius 2 is 1.93 bits per heavy atom. The number of halogens is 2. The van der Waals surface area contributed by atoms with Gasteiger partial charge in [0.15, 0.2) is 0 Å². The van der Waals surface area contributed by atoms with Crippen LogP contribution in [-0.4, -0.2) is 17.1 Å². The third kappa shape index (κ3) is 5.77. The fourth-order valence-corrected chi connectivity index (χ4v) is 1.48. The second-order valence-electron chi connectivity index (χ2n) is 3.19. The summed E-state index contributed by atoms with van der Waals surface area (Å²) in [7, 11) is 0. The van der Waals surface area contributed by atoms with E-state index >= 15 is 0 Å². The first-order valence-corrected chi connectivity index (χ1v) is 5.09. The molecule has 0 saturated carbocycles. The molecule has 0 bridgehead atoms. The third-order valence-electron chi connectivity index (χ3n) is 1.85. The Balaban J connectivity index is 0.00000196. The van der Waals surface area contributed by atoms with Gasteiger partial charge in [-0.1, -0.05) is 28.1 Å². The van der Waals surface area contributed by atoms with Crippen molar-refractivity contribution in [3.05, 3.63) is 34.3 Å². The highest BCUT2D eigenvalue weighted by Gasteiger charge is 2.08. The van der Waals surface area contributed by atoms with Gasteiger partial charge in [0, 0.05) is 10.5 Å². The molecule has 1 aromatic rings. The average Bonchev–Trinajstić information content (AvgIpc) is 2.07. The Bertz CT molecular complexity index is 316. The minimum Gasteiger partial charge on any atom is -0.481 e. The predicted molar refractivity (Wildman–Crippen MR) is 65.3 cm³/mol. The molecule has 0 spiro atoms. The molecule has 0 saturated heterocycles. The van der Waals surface area contributed by atoms with Crippen molar-refractivity contribution in [2.24, 2.45) is 5.73 Å². The van der Waals surface area contributed by atoms with Gasteiger partial charge in [0.1, 0.15) is 0 Å². The number of nitrogens with two attached hydrogens (primary N) is 1. The van der Waals surface area contributed by atoms with Gasteiger partial charge >= 0.3 is 5.97 Å². The lowest BCUT2D eigenvalue weighted by atomic mass is 10.0. The van der Waals surface area contributed by atoms with Crippen molar-refractivity contribution in [2.45, 2.75) is 18.9 Å². The van der Waals surface area contributed by atoms with E-state index in [9.17, 15) is 4.79 Å². The molecular weight excluding hydrogens is 281 g/mol. The largest absolute Gasteiger partial charge is 0.481 e. The molecular formula is C10H13BrClNO2. The molecule has 0 aliphatic heterocycles. The predicted octanol–water partition coefficient (Wildman–Crippen LogP) is 2.22. The van der Waals surface area contributed by atoms with E-state index < -0.39 is 5.97 Å². The van der Waals surface area contributed by atoms with Gasteiger partial charge in [0.25, 0.3) is 0 Å². The van der Waals surface area contributed by atoms with Crippen LogP contribution in [0, 0.1) is 0 Å². The second kappa shape index (κ2) is 6.82. The van der Waals surface area contributed by atoms with E-state index in [1.807, 2.05) is 24.3 Å². The Hall–Kier alpha value is -0.580. The van der Waals surface area contributed by atoms with Gasteiger partial charge in [0.05, 0.1) is 6.42 Å². The first-order valence-electron chi connectivity index (χ1n) is 4.30. The monoisotopic (exact) mass is 293 g/mol. The van der Waals surface area contributed by atoms with Crippen LogP contribution in [-0.2, 0) is 11.2 Å². The van der Waals surface area contributed by atoms with Gasteiger partial charge in [-0.25, -0.2) is 0 Å². The standard InChI is InChI=1S/C10H12BrNO2.ClH/c11-8-3-1-7(2-4-8)5-9(12)6-10(13)14;/h1-4,9H,5-6,12H2,(H,13,14);1H/t9-;/m1./s1. The number of hydrogen-bond acceptors (Lipinski definition) is 2. The Kier molecular flexibility index (Phi) is 6.56. The molecule has 0 aliphatic rings. The van der Waals surface area contributed by atoms with Crippen molar-refractivity contribution in [1.82, 2.24) is 0 Å². The van der Waals surface area contributed by atoms with E-state index in [1.165, 1.54) is 0 Å². The fourth-order valence-electron chi connectivity index (χ4n) is 1.22. The van der Waals surface area contributed by atoms with E-state index in [4.69, 9.17) is 10.8 Å². The topological polar surface area (TPSA) is 63.3 Å². The average molecular weight is 295 g/mol. The van der Waals surface area contributed by atoms with Crippen molar-refractivity contribution >= 4 is 34.3 Å². The van der Waals surface area contributed by atoms with Crippen LogP contribution in [0.1, 0.15) is 12.0 Å². The molecule has 1 rings (SSSR count). The lowest BCUT2D eigenvalue weighted by molar-refractivity contribution is -0.137. The molecule has 0 radical (unpaired) electrons. The highest BCUT2D eigenvalue weighted by atomic mass is 79.9. The summed E-state index contributed by atoms with van der Waals surface area (Å²) in [6.45, 7) is 0. The zero-order valence-corrected chi connectivity index (χ0v) is 10.4. The molecule has 3 nitrogen and oxygen atoms in total. The van der Waals surface area contributed by atoms with Crippen molar-refractivity contribution in [1.29, 1.82) is 0 Å². The van der Waals surface area contributed by atoms with E-state index in [1.54, 1.807) is 0 Å². The van der Waals surface area contributed by atoms with Gasteiger partial charge in [-0.15, -0.1) is 12.4 Å². The minimum atomic E-state index is -0.852. The van der Waals surface area contributed by atoms with Crippen LogP contribution < -0.4 is 5.73 Å². The maximum absolute atomic E-state index is 10.4. The zero-order valence-electron chi connectivity index (χ0n) is 8.02. The summed E-state index contributed by atoms with van der Waals surface area (Å²) in [6, 6.07) is 7.40. The van der Waals surface area contributed by atoms with Crippen molar-refractivity contribution < 1.29 is 9.90 Å². The van der Waals surface area contributed by atoms with Gasteiger partial charge in [-0.2, -0.15) is 0 Å². The molecule has 1 atom stereocenters. The third-order valence-corrected chi connectivity index (χ3v) is 2.38. The lowest BCUT2D eigenvalue weighted by Crippen LogP contribution is -2.26. The number of carboxylic acid groups (broad SMARTS) is 1. The van der Waals surface area contributed by atoms with Crippen LogP contribution >= 0.6 is 28.3 Å². The maximum atomic E-state index is 10.4. The van der Waals surface area contributed by atoms with Gasteiger partial charge in [-0.3, -0.25) is 4.79 Å². The Morgan fingerprint density at radius 3 is 2.40 bits per heavy atom. The molecule has 5 heteroatoms. The molecule has 84 valence electrons. The van der Waals surface area contributed by atoms with Crippen molar-refractivity contribution in [3.8, 4) is 0 Å². The quantitative estimate of drug-likeness (QED) is 0.895. The van der Waals surface area contributed by atoms with Crippen LogP contribution in [0.5, 0.6) is 0 Å². The van der Waals surface area contributed by atoms with Crippen LogP contribution in [0.2, 0.25) is 0 Å². The molecule has 0 fully saturated rings. The van der Waals surface area contributed by atoms with Crippen molar-refractivity contribution in [2.75, 3.05) is 0 Å². The smallest absolute Gasteiger partial charge is 0.304 e. The summed E-state index contributed by atoms with van der Waals surface area (Å²) in [6.07, 6.45) is 0.607. The van der Waals surface area contributed by atoms with E-state index in [0.717, 1.165) is 10.0 Å². The van der Waals surface area contributed by atoms with E-state index in [0.29, 0.717) is 6.42 Å². The van der Waals surface area contributed by atoms with Gasteiger partial charge in [-0.05, 0) is 24.1 Å². The summed E-state index contributed by atoms with van der Waals surface area (Å²) in [5.74, 6) is -0.852. The highest BCUT2D eigenvalue weighted by molar-refractivity contribution is 9.10. The summed E-state index contributed by atoms with van der Waals surface area (Å²) in [4.78, 5) is 10.4. The number of hydrogen-bond donors (Lipinski definition) is 2. The number of carboxylic acids is 1. The first-order chi connectivity index (χ1) is 6.58. The molecule has 1 aromatic carbocycles. The molecule has 0 heterocycles. The summed E-state index contributed by atoms with van der Waals surface area (Å²) in [5, 5.41) is 8.52. The molecule has 0 amide bonds. The molecule has 0 aromatic heterocycles. The zero-order chi connectivity index (χ0) is 10.6. The lowest BCUT2D eigenvalue weighted by Gasteiger charge is -2.08. The van der Waals surface area contributed by atoms with E-state index in [-0.39, 0.29) is 24.9 Å². The molecule has 0 aliphatic carbocycles. The van der Waals surface area contributed by atoms with Gasteiger partial charge in [0.2, 0.25) is 0 Å². The van der Waals surface area contributed by atoms with Crippen LogP contribution in [0.3, 0.4) is 0 Å². The maximum Gasteiger partial charge on any atom is 0.304 e. The molecule has 15 heavy (non-hydrogen) atoms. The summed E-state index contributed by atoms with van der Waals surface area (Å²) in [5.41, 5.74) is 6.71. The van der Waals surface area contributed by atoms with Gasteiger partial charge < -0.3 is 10.8 Å². The Labute approximate surface area is 103 Å². The van der Waals surface area contributed by atoms with Crippen LogP contribution in [0.4, 0.5) is 0 Å².